The maximum absolute atomic E-state index is 12.2. The van der Waals surface area contributed by atoms with Gasteiger partial charge in [0.25, 0.3) is 0 Å². The molecule has 2 saturated heterocycles. The number of carbonyl (C=O) groups excluding carboxylic acids is 1. The van der Waals surface area contributed by atoms with Gasteiger partial charge >= 0.3 is 0 Å². The molecule has 3 heteroatoms. The van der Waals surface area contributed by atoms with E-state index in [4.69, 9.17) is 0 Å². The van der Waals surface area contributed by atoms with Crippen molar-refractivity contribution in [1.82, 2.24) is 10.6 Å². The van der Waals surface area contributed by atoms with Gasteiger partial charge in [-0.25, -0.2) is 0 Å². The third-order valence-corrected chi connectivity index (χ3v) is 5.55. The third kappa shape index (κ3) is 2.71. The summed E-state index contributed by atoms with van der Waals surface area (Å²) in [5.74, 6) is 1.39. The first-order valence-corrected chi connectivity index (χ1v) is 8.38. The van der Waals surface area contributed by atoms with Gasteiger partial charge in [-0.2, -0.15) is 0 Å². The average Bonchev–Trinajstić information content (AvgIpc) is 2.79. The summed E-state index contributed by atoms with van der Waals surface area (Å²) >= 11 is 0. The molecule has 0 spiro atoms. The van der Waals surface area contributed by atoms with Crippen LogP contribution >= 0.6 is 0 Å². The Balaban J connectivity index is 1.24. The highest BCUT2D eigenvalue weighted by molar-refractivity contribution is 5.76. The van der Waals surface area contributed by atoms with Gasteiger partial charge in [-0.1, -0.05) is 24.3 Å². The molecule has 21 heavy (non-hydrogen) atoms. The summed E-state index contributed by atoms with van der Waals surface area (Å²) in [6.07, 6.45) is 6.84. The minimum absolute atomic E-state index is 0.255. The molecule has 2 fully saturated rings. The molecular weight excluding hydrogens is 260 g/mol. The number of piperidine rings is 1. The lowest BCUT2D eigenvalue weighted by atomic mass is 9.77. The molecule has 1 amide bonds. The Kier molecular flexibility index (Phi) is 3.46. The van der Waals surface area contributed by atoms with Crippen LogP contribution in [0, 0.1) is 5.92 Å². The topological polar surface area (TPSA) is 41.1 Å². The van der Waals surface area contributed by atoms with Crippen LogP contribution in [0.15, 0.2) is 24.3 Å². The molecule has 3 unspecified atom stereocenters. The summed E-state index contributed by atoms with van der Waals surface area (Å²) in [5, 5.41) is 6.80. The van der Waals surface area contributed by atoms with Crippen LogP contribution in [-0.4, -0.2) is 24.5 Å². The fourth-order valence-electron chi connectivity index (χ4n) is 4.46. The Morgan fingerprint density at radius 2 is 1.95 bits per heavy atom. The number of benzene rings is 1. The van der Waals surface area contributed by atoms with E-state index in [2.05, 4.69) is 34.9 Å². The van der Waals surface area contributed by atoms with Crippen molar-refractivity contribution in [2.24, 2.45) is 5.92 Å². The molecule has 0 saturated carbocycles. The van der Waals surface area contributed by atoms with E-state index in [1.807, 2.05) is 0 Å². The van der Waals surface area contributed by atoms with Crippen molar-refractivity contribution >= 4 is 5.91 Å². The molecule has 2 heterocycles. The highest BCUT2D eigenvalue weighted by Gasteiger charge is 2.34. The highest BCUT2D eigenvalue weighted by Crippen LogP contribution is 2.35. The van der Waals surface area contributed by atoms with Crippen LogP contribution in [0.1, 0.15) is 49.1 Å². The Hall–Kier alpha value is -1.35. The molecule has 4 rings (SSSR count). The van der Waals surface area contributed by atoms with Crippen LogP contribution in [0.2, 0.25) is 0 Å². The molecule has 1 aromatic carbocycles. The molecule has 0 aromatic heterocycles. The lowest BCUT2D eigenvalue weighted by molar-refractivity contribution is -0.122. The third-order valence-electron chi connectivity index (χ3n) is 5.55. The van der Waals surface area contributed by atoms with Crippen molar-refractivity contribution in [2.75, 3.05) is 6.54 Å². The minimum Gasteiger partial charge on any atom is -0.355 e. The fraction of sp³-hybridized carbons (Fsp3) is 0.611. The van der Waals surface area contributed by atoms with E-state index in [1.54, 1.807) is 0 Å². The number of amides is 1. The van der Waals surface area contributed by atoms with E-state index >= 15 is 0 Å². The molecule has 1 aliphatic carbocycles. The predicted molar refractivity (Wildman–Crippen MR) is 83.2 cm³/mol. The zero-order valence-corrected chi connectivity index (χ0v) is 12.5. The summed E-state index contributed by atoms with van der Waals surface area (Å²) in [6, 6.07) is 9.94. The predicted octanol–water partition coefficient (Wildman–Crippen LogP) is 2.36. The Morgan fingerprint density at radius 3 is 2.71 bits per heavy atom. The van der Waals surface area contributed by atoms with Crippen molar-refractivity contribution in [2.45, 2.75) is 56.5 Å². The summed E-state index contributed by atoms with van der Waals surface area (Å²) in [4.78, 5) is 12.2. The van der Waals surface area contributed by atoms with Crippen LogP contribution in [-0.2, 0) is 11.2 Å². The molecular formula is C18H24N2O. The quantitative estimate of drug-likeness (QED) is 0.891. The fourth-order valence-corrected chi connectivity index (χ4v) is 4.46. The number of nitrogens with one attached hydrogen (secondary N) is 2. The van der Waals surface area contributed by atoms with E-state index in [0.29, 0.717) is 23.9 Å². The monoisotopic (exact) mass is 284 g/mol. The summed E-state index contributed by atoms with van der Waals surface area (Å²) < 4.78 is 0. The second-order valence-electron chi connectivity index (χ2n) is 7.08. The Bertz CT molecular complexity index is 530. The standard InChI is InChI=1S/C18H24N2O/c21-18(9-12-7-15-5-6-16(8-12)20-15)19-11-14-10-13-3-1-2-4-17(13)14/h1-4,12,14-16,20H,5-11H2,(H,19,21). The maximum Gasteiger partial charge on any atom is 0.220 e. The Labute approximate surface area is 126 Å². The zero-order chi connectivity index (χ0) is 14.2. The summed E-state index contributed by atoms with van der Waals surface area (Å²) in [6.45, 7) is 0.813. The average molecular weight is 284 g/mol. The smallest absolute Gasteiger partial charge is 0.220 e. The van der Waals surface area contributed by atoms with Gasteiger partial charge in [-0.3, -0.25) is 4.79 Å². The van der Waals surface area contributed by atoms with Gasteiger partial charge in [-0.05, 0) is 49.1 Å². The second kappa shape index (κ2) is 5.45. The largest absolute Gasteiger partial charge is 0.355 e. The van der Waals surface area contributed by atoms with Crippen molar-refractivity contribution in [3.8, 4) is 0 Å². The van der Waals surface area contributed by atoms with Crippen molar-refractivity contribution in [3.63, 3.8) is 0 Å². The van der Waals surface area contributed by atoms with Gasteiger partial charge in [0, 0.05) is 31.0 Å². The number of carbonyl (C=O) groups is 1. The van der Waals surface area contributed by atoms with Gasteiger partial charge in [0.1, 0.15) is 0 Å². The molecule has 0 radical (unpaired) electrons. The molecule has 2 aliphatic heterocycles. The number of fused-ring (bicyclic) bond motifs is 3. The van der Waals surface area contributed by atoms with Crippen LogP contribution in [0.25, 0.3) is 0 Å². The summed E-state index contributed by atoms with van der Waals surface area (Å²) in [7, 11) is 0. The first-order chi connectivity index (χ1) is 10.3. The lowest BCUT2D eigenvalue weighted by Gasteiger charge is -2.31. The second-order valence-corrected chi connectivity index (χ2v) is 7.08. The van der Waals surface area contributed by atoms with Crippen molar-refractivity contribution in [1.29, 1.82) is 0 Å². The number of hydrogen-bond acceptors (Lipinski definition) is 2. The first kappa shape index (κ1) is 13.3. The molecule has 2 bridgehead atoms. The van der Waals surface area contributed by atoms with Gasteiger partial charge < -0.3 is 10.6 Å². The van der Waals surface area contributed by atoms with E-state index in [1.165, 1.54) is 36.8 Å². The van der Waals surface area contributed by atoms with Crippen LogP contribution in [0.3, 0.4) is 0 Å². The van der Waals surface area contributed by atoms with Crippen LogP contribution in [0.5, 0.6) is 0 Å². The highest BCUT2D eigenvalue weighted by atomic mass is 16.1. The van der Waals surface area contributed by atoms with Crippen LogP contribution < -0.4 is 10.6 Å². The van der Waals surface area contributed by atoms with Gasteiger partial charge in [0.05, 0.1) is 0 Å². The molecule has 1 aromatic rings. The molecule has 112 valence electrons. The molecule has 3 atom stereocenters. The van der Waals surface area contributed by atoms with E-state index in [0.717, 1.165) is 19.4 Å². The number of hydrogen-bond donors (Lipinski definition) is 2. The van der Waals surface area contributed by atoms with E-state index < -0.39 is 0 Å². The van der Waals surface area contributed by atoms with Gasteiger partial charge in [-0.15, -0.1) is 0 Å². The maximum atomic E-state index is 12.2. The zero-order valence-electron chi connectivity index (χ0n) is 12.5. The normalized spacial score (nSPS) is 33.1. The molecule has 3 aliphatic rings. The SMILES string of the molecule is O=C(CC1CC2CCC(C1)N2)NCC1Cc2ccccc21. The van der Waals surface area contributed by atoms with Gasteiger partial charge in [0.15, 0.2) is 0 Å². The van der Waals surface area contributed by atoms with E-state index in [-0.39, 0.29) is 5.91 Å². The molecule has 2 N–H and O–H groups in total. The Morgan fingerprint density at radius 1 is 1.19 bits per heavy atom. The van der Waals surface area contributed by atoms with E-state index in [9.17, 15) is 4.79 Å². The summed E-state index contributed by atoms with van der Waals surface area (Å²) in [5.41, 5.74) is 2.88. The lowest BCUT2D eigenvalue weighted by Crippen LogP contribution is -2.40. The van der Waals surface area contributed by atoms with Crippen molar-refractivity contribution in [3.05, 3.63) is 35.4 Å². The first-order valence-electron chi connectivity index (χ1n) is 8.38. The minimum atomic E-state index is 0.255. The molecule has 3 nitrogen and oxygen atoms in total. The van der Waals surface area contributed by atoms with Gasteiger partial charge in [0.2, 0.25) is 5.91 Å². The van der Waals surface area contributed by atoms with Crippen LogP contribution in [0.4, 0.5) is 0 Å². The van der Waals surface area contributed by atoms with Crippen molar-refractivity contribution < 1.29 is 4.79 Å². The number of rotatable bonds is 4.